The summed E-state index contributed by atoms with van der Waals surface area (Å²) >= 11 is 0. The Morgan fingerprint density at radius 3 is 2.57 bits per heavy atom. The Bertz CT molecular complexity index is 212. The largest absolute Gasteiger partial charge is 0.393 e. The highest BCUT2D eigenvalue weighted by Crippen LogP contribution is 2.41. The van der Waals surface area contributed by atoms with E-state index in [2.05, 4.69) is 25.8 Å². The fraction of sp³-hybridized carbons (Fsp3) is 1.00. The summed E-state index contributed by atoms with van der Waals surface area (Å²) in [5, 5.41) is 10.1. The summed E-state index contributed by atoms with van der Waals surface area (Å²) in [5.74, 6) is 0.543. The molecule has 1 aliphatic carbocycles. The van der Waals surface area contributed by atoms with Gasteiger partial charge in [0, 0.05) is 17.5 Å². The molecule has 0 bridgehead atoms. The number of aliphatic hydroxyl groups is 1. The SMILES string of the molecule is CN1C2CCCCC2C(O)CC1(C)C. The smallest absolute Gasteiger partial charge is 0.0600 e. The molecular weight excluding hydrogens is 174 g/mol. The first-order chi connectivity index (χ1) is 6.52. The van der Waals surface area contributed by atoms with Crippen molar-refractivity contribution in [2.75, 3.05) is 7.05 Å². The van der Waals surface area contributed by atoms with Crippen LogP contribution in [0.1, 0.15) is 46.0 Å². The van der Waals surface area contributed by atoms with Gasteiger partial charge in [0.2, 0.25) is 0 Å². The summed E-state index contributed by atoms with van der Waals surface area (Å²) in [7, 11) is 2.23. The molecule has 0 radical (unpaired) electrons. The number of fused-ring (bicyclic) bond motifs is 1. The Labute approximate surface area is 87.3 Å². The number of hydrogen-bond donors (Lipinski definition) is 1. The van der Waals surface area contributed by atoms with E-state index < -0.39 is 0 Å². The fourth-order valence-corrected chi connectivity index (χ4v) is 3.33. The van der Waals surface area contributed by atoms with E-state index in [0.717, 1.165) is 6.42 Å². The first-order valence-electron chi connectivity index (χ1n) is 5.93. The highest BCUT2D eigenvalue weighted by molar-refractivity contribution is 4.99. The Morgan fingerprint density at radius 2 is 1.86 bits per heavy atom. The van der Waals surface area contributed by atoms with E-state index in [1.807, 2.05) is 0 Å². The van der Waals surface area contributed by atoms with Crippen molar-refractivity contribution < 1.29 is 5.11 Å². The summed E-state index contributed by atoms with van der Waals surface area (Å²) in [6.45, 7) is 4.50. The normalized spacial score (nSPS) is 43.3. The average Bonchev–Trinajstić information content (AvgIpc) is 2.14. The summed E-state index contributed by atoms with van der Waals surface area (Å²) in [5.41, 5.74) is 0.178. The van der Waals surface area contributed by atoms with Gasteiger partial charge in [0.1, 0.15) is 0 Å². The van der Waals surface area contributed by atoms with Crippen LogP contribution < -0.4 is 0 Å². The number of rotatable bonds is 0. The summed E-state index contributed by atoms with van der Waals surface area (Å²) in [6.07, 6.45) is 6.03. The average molecular weight is 197 g/mol. The van der Waals surface area contributed by atoms with Crippen molar-refractivity contribution in [1.82, 2.24) is 4.90 Å². The molecule has 3 unspecified atom stereocenters. The monoisotopic (exact) mass is 197 g/mol. The van der Waals surface area contributed by atoms with Crippen molar-refractivity contribution in [3.05, 3.63) is 0 Å². The van der Waals surface area contributed by atoms with E-state index >= 15 is 0 Å². The zero-order valence-electron chi connectivity index (χ0n) is 9.66. The number of piperidine rings is 1. The van der Waals surface area contributed by atoms with Crippen molar-refractivity contribution in [3.8, 4) is 0 Å². The zero-order valence-corrected chi connectivity index (χ0v) is 9.66. The molecule has 2 heteroatoms. The van der Waals surface area contributed by atoms with Gasteiger partial charge in [0.25, 0.3) is 0 Å². The fourth-order valence-electron chi connectivity index (χ4n) is 3.33. The molecule has 0 spiro atoms. The highest BCUT2D eigenvalue weighted by atomic mass is 16.3. The molecule has 1 N–H and O–H groups in total. The highest BCUT2D eigenvalue weighted by Gasteiger charge is 2.44. The number of aliphatic hydroxyl groups excluding tert-OH is 1. The maximum atomic E-state index is 10.1. The molecule has 2 aliphatic rings. The first-order valence-corrected chi connectivity index (χ1v) is 5.93. The van der Waals surface area contributed by atoms with Crippen LogP contribution in [0.25, 0.3) is 0 Å². The molecule has 1 saturated heterocycles. The molecule has 14 heavy (non-hydrogen) atoms. The maximum absolute atomic E-state index is 10.1. The van der Waals surface area contributed by atoms with E-state index in [4.69, 9.17) is 0 Å². The standard InChI is InChI=1S/C12H23NO/c1-12(2)8-11(14)9-6-4-5-7-10(9)13(12)3/h9-11,14H,4-8H2,1-3H3. The number of nitrogens with zero attached hydrogens (tertiary/aromatic N) is 1. The second-order valence-corrected chi connectivity index (χ2v) is 5.71. The van der Waals surface area contributed by atoms with Gasteiger partial charge < -0.3 is 5.11 Å². The van der Waals surface area contributed by atoms with Crippen LogP contribution in [-0.4, -0.2) is 34.7 Å². The first kappa shape index (κ1) is 10.4. The van der Waals surface area contributed by atoms with Crippen LogP contribution in [0.4, 0.5) is 0 Å². The van der Waals surface area contributed by atoms with E-state index in [-0.39, 0.29) is 11.6 Å². The predicted molar refractivity (Wildman–Crippen MR) is 58.2 cm³/mol. The lowest BCUT2D eigenvalue weighted by Gasteiger charge is -2.53. The minimum absolute atomic E-state index is 0.0634. The van der Waals surface area contributed by atoms with Gasteiger partial charge in [0.05, 0.1) is 6.10 Å². The van der Waals surface area contributed by atoms with Crippen LogP contribution in [0, 0.1) is 5.92 Å². The lowest BCUT2D eigenvalue weighted by molar-refractivity contribution is -0.0860. The minimum atomic E-state index is -0.0634. The van der Waals surface area contributed by atoms with Crippen molar-refractivity contribution in [1.29, 1.82) is 0 Å². The van der Waals surface area contributed by atoms with Gasteiger partial charge in [0.15, 0.2) is 0 Å². The van der Waals surface area contributed by atoms with Gasteiger partial charge in [-0.15, -0.1) is 0 Å². The molecular formula is C12H23NO. The molecule has 1 saturated carbocycles. The molecule has 0 aromatic heterocycles. The molecule has 0 aromatic carbocycles. The minimum Gasteiger partial charge on any atom is -0.393 e. The van der Waals surface area contributed by atoms with Gasteiger partial charge in [-0.25, -0.2) is 0 Å². The molecule has 2 rings (SSSR count). The van der Waals surface area contributed by atoms with Crippen LogP contribution >= 0.6 is 0 Å². The van der Waals surface area contributed by atoms with Gasteiger partial charge in [-0.3, -0.25) is 4.90 Å². The summed E-state index contributed by atoms with van der Waals surface area (Å²) < 4.78 is 0. The third kappa shape index (κ3) is 1.59. The molecule has 2 nitrogen and oxygen atoms in total. The van der Waals surface area contributed by atoms with Crippen molar-refractivity contribution in [2.24, 2.45) is 5.92 Å². The molecule has 3 atom stereocenters. The zero-order chi connectivity index (χ0) is 10.3. The topological polar surface area (TPSA) is 23.5 Å². The van der Waals surface area contributed by atoms with Crippen molar-refractivity contribution in [2.45, 2.75) is 63.6 Å². The molecule has 82 valence electrons. The second-order valence-electron chi connectivity index (χ2n) is 5.71. The Hall–Kier alpha value is -0.0800. The Morgan fingerprint density at radius 1 is 1.21 bits per heavy atom. The van der Waals surface area contributed by atoms with Crippen LogP contribution in [0.2, 0.25) is 0 Å². The quantitative estimate of drug-likeness (QED) is 0.642. The van der Waals surface area contributed by atoms with Crippen molar-refractivity contribution >= 4 is 0 Å². The van der Waals surface area contributed by atoms with Crippen molar-refractivity contribution in [3.63, 3.8) is 0 Å². The summed E-state index contributed by atoms with van der Waals surface area (Å²) in [4.78, 5) is 2.50. The van der Waals surface area contributed by atoms with Crippen LogP contribution in [0.15, 0.2) is 0 Å². The number of hydrogen-bond acceptors (Lipinski definition) is 2. The van der Waals surface area contributed by atoms with Gasteiger partial charge in [-0.05, 0) is 40.2 Å². The van der Waals surface area contributed by atoms with Gasteiger partial charge in [-0.2, -0.15) is 0 Å². The lowest BCUT2D eigenvalue weighted by atomic mass is 9.71. The second kappa shape index (κ2) is 3.49. The van der Waals surface area contributed by atoms with E-state index in [9.17, 15) is 5.11 Å². The predicted octanol–water partition coefficient (Wildman–Crippen LogP) is 2.02. The summed E-state index contributed by atoms with van der Waals surface area (Å²) in [6, 6.07) is 0.627. The lowest BCUT2D eigenvalue weighted by Crippen LogP contribution is -2.60. The van der Waals surface area contributed by atoms with Crippen LogP contribution in [-0.2, 0) is 0 Å². The molecule has 1 heterocycles. The van der Waals surface area contributed by atoms with E-state index in [1.165, 1.54) is 25.7 Å². The van der Waals surface area contributed by atoms with E-state index in [1.54, 1.807) is 0 Å². The van der Waals surface area contributed by atoms with Gasteiger partial charge >= 0.3 is 0 Å². The number of likely N-dealkylation sites (tertiary alicyclic amines) is 1. The molecule has 0 amide bonds. The Kier molecular flexibility index (Phi) is 2.61. The van der Waals surface area contributed by atoms with Crippen LogP contribution in [0.5, 0.6) is 0 Å². The molecule has 0 aromatic rings. The maximum Gasteiger partial charge on any atom is 0.0600 e. The van der Waals surface area contributed by atoms with Gasteiger partial charge in [-0.1, -0.05) is 12.8 Å². The third-order valence-electron chi connectivity index (χ3n) is 4.44. The Balaban J connectivity index is 2.17. The van der Waals surface area contributed by atoms with E-state index in [0.29, 0.717) is 12.0 Å². The molecule has 1 aliphatic heterocycles. The molecule has 2 fully saturated rings. The van der Waals surface area contributed by atoms with Crippen LogP contribution in [0.3, 0.4) is 0 Å². The third-order valence-corrected chi connectivity index (χ3v) is 4.44.